The van der Waals surface area contributed by atoms with Crippen LogP contribution in [0.5, 0.6) is 0 Å². The zero-order chi connectivity index (χ0) is 12.3. The van der Waals surface area contributed by atoms with E-state index in [9.17, 15) is 9.59 Å². The second-order valence-corrected chi connectivity index (χ2v) is 6.02. The van der Waals surface area contributed by atoms with Gasteiger partial charge in [0.05, 0.1) is 6.04 Å². The van der Waals surface area contributed by atoms with Gasteiger partial charge in [-0.05, 0) is 18.8 Å². The fraction of sp³-hybridized carbons (Fsp3) is 0.833. The molecule has 0 aromatic carbocycles. The van der Waals surface area contributed by atoms with Gasteiger partial charge < -0.3 is 10.1 Å². The van der Waals surface area contributed by atoms with E-state index in [2.05, 4.69) is 5.32 Å². The molecule has 0 aromatic heterocycles. The van der Waals surface area contributed by atoms with Crippen LogP contribution >= 0.6 is 11.8 Å². The zero-order valence-electron chi connectivity index (χ0n) is 10.1. The number of nitrogens with one attached hydrogen (secondary N) is 1. The van der Waals surface area contributed by atoms with Crippen LogP contribution in [-0.2, 0) is 9.53 Å². The van der Waals surface area contributed by atoms with Crippen LogP contribution in [0.3, 0.4) is 0 Å². The Kier molecular flexibility index (Phi) is 4.31. The van der Waals surface area contributed by atoms with Crippen molar-refractivity contribution in [1.82, 2.24) is 5.32 Å². The van der Waals surface area contributed by atoms with Gasteiger partial charge in [0, 0.05) is 12.7 Å². The summed E-state index contributed by atoms with van der Waals surface area (Å²) in [4.78, 5) is 22.3. The number of cyclic esters (lactones) is 1. The smallest absolute Gasteiger partial charge is 0.407 e. The summed E-state index contributed by atoms with van der Waals surface area (Å²) in [5.74, 6) is 1.10. The molecular weight excluding hydrogens is 238 g/mol. The van der Waals surface area contributed by atoms with Crippen LogP contribution in [0.1, 0.15) is 39.0 Å². The predicted molar refractivity (Wildman–Crippen MR) is 66.9 cm³/mol. The summed E-state index contributed by atoms with van der Waals surface area (Å²) in [6.45, 7) is 1.55. The number of ether oxygens (including phenoxy) is 1. The van der Waals surface area contributed by atoms with Crippen molar-refractivity contribution in [2.75, 3.05) is 5.75 Å². The lowest BCUT2D eigenvalue weighted by Gasteiger charge is -2.28. The van der Waals surface area contributed by atoms with Gasteiger partial charge in [-0.3, -0.25) is 4.79 Å². The summed E-state index contributed by atoms with van der Waals surface area (Å²) < 4.78 is 5.37. The third kappa shape index (κ3) is 3.37. The van der Waals surface area contributed by atoms with Gasteiger partial charge in [0.2, 0.25) is 0 Å². The molecule has 4 nitrogen and oxygen atoms in total. The summed E-state index contributed by atoms with van der Waals surface area (Å²) in [5.41, 5.74) is 0. The summed E-state index contributed by atoms with van der Waals surface area (Å²) in [6.07, 6.45) is 5.67. The Bertz CT molecular complexity index is 302. The number of hydrogen-bond acceptors (Lipinski definition) is 4. The molecule has 5 heteroatoms. The maximum atomic E-state index is 11.3. The molecule has 1 aliphatic carbocycles. The van der Waals surface area contributed by atoms with Crippen LogP contribution in [0.25, 0.3) is 0 Å². The van der Waals surface area contributed by atoms with E-state index in [1.54, 1.807) is 6.92 Å². The Morgan fingerprint density at radius 1 is 1.41 bits per heavy atom. The third-order valence-corrected chi connectivity index (χ3v) is 4.46. The number of rotatable bonds is 3. The van der Waals surface area contributed by atoms with Crippen molar-refractivity contribution in [2.24, 2.45) is 5.92 Å². The third-order valence-electron chi connectivity index (χ3n) is 3.52. The van der Waals surface area contributed by atoms with E-state index >= 15 is 0 Å². The minimum atomic E-state index is -0.324. The molecule has 1 saturated carbocycles. The molecule has 0 spiro atoms. The molecular formula is C12H19NO3S. The molecule has 1 N–H and O–H groups in total. The Morgan fingerprint density at radius 3 is 2.76 bits per heavy atom. The van der Waals surface area contributed by atoms with Gasteiger partial charge in [0.15, 0.2) is 5.12 Å². The first-order chi connectivity index (χ1) is 8.16. The lowest BCUT2D eigenvalue weighted by molar-refractivity contribution is -0.109. The standard InChI is InChI=1S/C12H19NO3S/c1-8(14)17-7-10-11(16-12(15)13-10)9-5-3-2-4-6-9/h9-11H,2-7H2,1H3,(H,13,15)/t10-,11+/m0/s1. The molecule has 1 saturated heterocycles. The summed E-state index contributed by atoms with van der Waals surface area (Å²) in [6, 6.07) is -0.000463. The summed E-state index contributed by atoms with van der Waals surface area (Å²) in [7, 11) is 0. The molecule has 1 amide bonds. The fourth-order valence-corrected chi connectivity index (χ4v) is 3.39. The van der Waals surface area contributed by atoms with Crippen molar-refractivity contribution >= 4 is 23.0 Å². The van der Waals surface area contributed by atoms with Crippen LogP contribution in [0, 0.1) is 5.92 Å². The predicted octanol–water partition coefficient (Wildman–Crippen LogP) is 2.32. The van der Waals surface area contributed by atoms with E-state index < -0.39 is 0 Å². The van der Waals surface area contributed by atoms with E-state index in [1.807, 2.05) is 0 Å². The number of carbonyl (C=O) groups is 2. The van der Waals surface area contributed by atoms with Crippen molar-refractivity contribution < 1.29 is 14.3 Å². The first kappa shape index (κ1) is 12.7. The molecule has 2 fully saturated rings. The number of hydrogen-bond donors (Lipinski definition) is 1. The summed E-state index contributed by atoms with van der Waals surface area (Å²) in [5, 5.41) is 2.91. The number of amides is 1. The highest BCUT2D eigenvalue weighted by atomic mass is 32.2. The van der Waals surface area contributed by atoms with E-state index in [4.69, 9.17) is 4.74 Å². The van der Waals surface area contributed by atoms with Crippen molar-refractivity contribution in [3.05, 3.63) is 0 Å². The monoisotopic (exact) mass is 257 g/mol. The highest BCUT2D eigenvalue weighted by Gasteiger charge is 2.39. The van der Waals surface area contributed by atoms with Gasteiger partial charge in [0.25, 0.3) is 0 Å². The minimum Gasteiger partial charge on any atom is -0.444 e. The molecule has 1 aliphatic heterocycles. The average Bonchev–Trinajstić information content (AvgIpc) is 2.69. The highest BCUT2D eigenvalue weighted by molar-refractivity contribution is 8.13. The molecule has 2 aliphatic rings. The van der Waals surface area contributed by atoms with Gasteiger partial charge in [-0.2, -0.15) is 0 Å². The lowest BCUT2D eigenvalue weighted by atomic mass is 9.83. The van der Waals surface area contributed by atoms with E-state index in [0.717, 1.165) is 12.8 Å². The van der Waals surface area contributed by atoms with Gasteiger partial charge in [-0.1, -0.05) is 31.0 Å². The van der Waals surface area contributed by atoms with E-state index in [0.29, 0.717) is 11.7 Å². The van der Waals surface area contributed by atoms with Crippen molar-refractivity contribution in [3.8, 4) is 0 Å². The number of thioether (sulfide) groups is 1. The summed E-state index contributed by atoms with van der Waals surface area (Å²) >= 11 is 1.26. The fourth-order valence-electron chi connectivity index (χ4n) is 2.70. The molecule has 0 unspecified atom stereocenters. The normalized spacial score (nSPS) is 29.8. The molecule has 1 heterocycles. The number of carbonyl (C=O) groups excluding carboxylic acids is 2. The lowest BCUT2D eigenvalue weighted by Crippen LogP contribution is -2.39. The van der Waals surface area contributed by atoms with Gasteiger partial charge in [-0.15, -0.1) is 0 Å². The van der Waals surface area contributed by atoms with Crippen LogP contribution in [0.2, 0.25) is 0 Å². The van der Waals surface area contributed by atoms with Gasteiger partial charge in [-0.25, -0.2) is 4.79 Å². The minimum absolute atomic E-state index is 0.000463. The second kappa shape index (κ2) is 5.76. The van der Waals surface area contributed by atoms with Crippen LogP contribution < -0.4 is 5.32 Å². The Labute approximate surface area is 106 Å². The van der Waals surface area contributed by atoms with Crippen LogP contribution in [0.15, 0.2) is 0 Å². The molecule has 2 atom stereocenters. The second-order valence-electron chi connectivity index (χ2n) is 4.82. The average molecular weight is 257 g/mol. The van der Waals surface area contributed by atoms with Gasteiger partial charge in [0.1, 0.15) is 6.10 Å². The topological polar surface area (TPSA) is 55.4 Å². The number of alkyl carbamates (subject to hydrolysis) is 1. The van der Waals surface area contributed by atoms with Crippen molar-refractivity contribution in [1.29, 1.82) is 0 Å². The molecule has 96 valence electrons. The first-order valence-corrected chi connectivity index (χ1v) is 7.26. The van der Waals surface area contributed by atoms with E-state index in [-0.39, 0.29) is 23.4 Å². The molecule has 0 radical (unpaired) electrons. The van der Waals surface area contributed by atoms with Gasteiger partial charge >= 0.3 is 6.09 Å². The van der Waals surface area contributed by atoms with E-state index in [1.165, 1.54) is 31.0 Å². The Morgan fingerprint density at radius 2 is 2.12 bits per heavy atom. The van der Waals surface area contributed by atoms with Crippen molar-refractivity contribution in [2.45, 2.75) is 51.2 Å². The largest absolute Gasteiger partial charge is 0.444 e. The Balaban J connectivity index is 1.92. The molecule has 0 aromatic rings. The van der Waals surface area contributed by atoms with Crippen LogP contribution in [-0.4, -0.2) is 29.1 Å². The molecule has 0 bridgehead atoms. The SMILES string of the molecule is CC(=O)SC[C@@H]1NC(=O)O[C@@H]1C1CCCCC1. The first-order valence-electron chi connectivity index (χ1n) is 6.27. The highest BCUT2D eigenvalue weighted by Crippen LogP contribution is 2.32. The molecule has 17 heavy (non-hydrogen) atoms. The van der Waals surface area contributed by atoms with Crippen LogP contribution in [0.4, 0.5) is 4.79 Å². The van der Waals surface area contributed by atoms with Crippen molar-refractivity contribution in [3.63, 3.8) is 0 Å². The molecule has 2 rings (SSSR count). The maximum absolute atomic E-state index is 11.3. The maximum Gasteiger partial charge on any atom is 0.407 e. The zero-order valence-corrected chi connectivity index (χ0v) is 10.9. The Hall–Kier alpha value is -0.710. The quantitative estimate of drug-likeness (QED) is 0.843.